The molecule has 0 radical (unpaired) electrons. The Bertz CT molecular complexity index is 1100. The molecule has 4 aromatic rings. The Labute approximate surface area is 176 Å². The van der Waals surface area contributed by atoms with Crippen LogP contribution in [0.2, 0.25) is 0 Å². The van der Waals surface area contributed by atoms with Gasteiger partial charge in [-0.3, -0.25) is 0 Å². The van der Waals surface area contributed by atoms with Crippen LogP contribution in [0.5, 0.6) is 11.5 Å². The quantitative estimate of drug-likeness (QED) is 0.467. The van der Waals surface area contributed by atoms with E-state index in [0.29, 0.717) is 11.5 Å². The summed E-state index contributed by atoms with van der Waals surface area (Å²) in [5.41, 5.74) is 4.90. The minimum absolute atomic E-state index is 0. The van der Waals surface area contributed by atoms with Gasteiger partial charge in [-0.1, -0.05) is 48.5 Å². The molecule has 3 aromatic carbocycles. The van der Waals surface area contributed by atoms with Crippen LogP contribution in [0, 0.1) is 0 Å². The van der Waals surface area contributed by atoms with Crippen molar-refractivity contribution in [3.05, 3.63) is 78.6 Å². The van der Waals surface area contributed by atoms with E-state index in [1.54, 1.807) is 20.5 Å². The molecule has 148 valence electrons. The second-order valence-electron chi connectivity index (χ2n) is 6.33. The Balaban J connectivity index is 0.00000240. The van der Waals surface area contributed by atoms with Gasteiger partial charge in [0.05, 0.1) is 25.4 Å². The molecule has 1 aromatic heterocycles. The molecule has 0 aliphatic carbocycles. The van der Waals surface area contributed by atoms with Crippen molar-refractivity contribution in [2.75, 3.05) is 19.5 Å². The molecular weight excluding hydrogens is 386 g/mol. The Kier molecular flexibility index (Phi) is 6.52. The zero-order valence-electron chi connectivity index (χ0n) is 16.3. The van der Waals surface area contributed by atoms with Gasteiger partial charge in [-0.25, -0.2) is 9.97 Å². The van der Waals surface area contributed by atoms with Gasteiger partial charge < -0.3 is 14.8 Å². The first-order chi connectivity index (χ1) is 13.8. The van der Waals surface area contributed by atoms with Crippen LogP contribution >= 0.6 is 12.4 Å². The summed E-state index contributed by atoms with van der Waals surface area (Å²) in [6.45, 7) is 0.734. The number of ether oxygens (including phenoxy) is 2. The first-order valence-electron chi connectivity index (χ1n) is 9.04. The average Bonchev–Trinajstić information content (AvgIpc) is 2.77. The first-order valence-corrected chi connectivity index (χ1v) is 9.04. The van der Waals surface area contributed by atoms with Gasteiger partial charge in [0.25, 0.3) is 0 Å². The molecule has 0 atom stereocenters. The predicted octanol–water partition coefficient (Wildman–Crippen LogP) is 5.35. The van der Waals surface area contributed by atoms with E-state index in [-0.39, 0.29) is 12.4 Å². The fourth-order valence-electron chi connectivity index (χ4n) is 3.23. The van der Waals surface area contributed by atoms with Crippen molar-refractivity contribution in [3.8, 4) is 22.8 Å². The zero-order chi connectivity index (χ0) is 19.3. The third kappa shape index (κ3) is 4.25. The molecule has 6 heteroatoms. The van der Waals surface area contributed by atoms with Crippen LogP contribution in [0.1, 0.15) is 5.56 Å². The highest BCUT2D eigenvalue weighted by Gasteiger charge is 2.14. The molecule has 0 saturated heterocycles. The van der Waals surface area contributed by atoms with Crippen molar-refractivity contribution in [1.29, 1.82) is 0 Å². The number of methoxy groups -OCH3 is 2. The number of hydrogen-bond acceptors (Lipinski definition) is 5. The second-order valence-corrected chi connectivity index (χ2v) is 6.33. The topological polar surface area (TPSA) is 56.3 Å². The molecule has 0 spiro atoms. The molecule has 0 saturated carbocycles. The molecule has 0 bridgehead atoms. The number of nitrogens with one attached hydrogen (secondary N) is 1. The van der Waals surface area contributed by atoms with E-state index in [4.69, 9.17) is 9.47 Å². The van der Waals surface area contributed by atoms with Gasteiger partial charge in [-0.15, -0.1) is 12.4 Å². The lowest BCUT2D eigenvalue weighted by molar-refractivity contribution is 0.356. The molecule has 0 amide bonds. The SMILES string of the molecule is COc1cc2ncnc(-c3ccccc3NCc3ccccc3)c2cc1OC.Cl. The Morgan fingerprint density at radius 1 is 0.828 bits per heavy atom. The van der Waals surface area contributed by atoms with Crippen LogP contribution in [0.4, 0.5) is 5.69 Å². The second kappa shape index (κ2) is 9.26. The van der Waals surface area contributed by atoms with E-state index in [1.165, 1.54) is 5.56 Å². The van der Waals surface area contributed by atoms with Crippen LogP contribution in [-0.2, 0) is 6.54 Å². The van der Waals surface area contributed by atoms with Crippen molar-refractivity contribution >= 4 is 29.0 Å². The van der Waals surface area contributed by atoms with Gasteiger partial charge in [0.1, 0.15) is 6.33 Å². The number of fused-ring (bicyclic) bond motifs is 1. The molecule has 29 heavy (non-hydrogen) atoms. The molecule has 0 fully saturated rings. The summed E-state index contributed by atoms with van der Waals surface area (Å²) in [4.78, 5) is 8.98. The highest BCUT2D eigenvalue weighted by Crippen LogP contribution is 2.37. The van der Waals surface area contributed by atoms with E-state index in [0.717, 1.165) is 34.4 Å². The third-order valence-corrected chi connectivity index (χ3v) is 4.65. The molecule has 0 aliphatic heterocycles. The van der Waals surface area contributed by atoms with E-state index >= 15 is 0 Å². The Hall–Kier alpha value is -3.31. The average molecular weight is 408 g/mol. The monoisotopic (exact) mass is 407 g/mol. The number of halogens is 1. The molecule has 0 aliphatic rings. The number of para-hydroxylation sites is 1. The van der Waals surface area contributed by atoms with Gasteiger partial charge in [0.15, 0.2) is 11.5 Å². The lowest BCUT2D eigenvalue weighted by Crippen LogP contribution is -2.02. The van der Waals surface area contributed by atoms with Crippen molar-refractivity contribution in [3.63, 3.8) is 0 Å². The number of hydrogen-bond donors (Lipinski definition) is 1. The molecular formula is C23H22ClN3O2. The highest BCUT2D eigenvalue weighted by atomic mass is 35.5. The number of nitrogens with zero attached hydrogens (tertiary/aromatic N) is 2. The Morgan fingerprint density at radius 3 is 2.28 bits per heavy atom. The van der Waals surface area contributed by atoms with Gasteiger partial charge in [0, 0.05) is 29.2 Å². The number of rotatable bonds is 6. The van der Waals surface area contributed by atoms with Gasteiger partial charge >= 0.3 is 0 Å². The summed E-state index contributed by atoms with van der Waals surface area (Å²) in [5, 5.41) is 4.44. The van der Waals surface area contributed by atoms with Gasteiger partial charge in [-0.2, -0.15) is 0 Å². The largest absolute Gasteiger partial charge is 0.493 e. The zero-order valence-corrected chi connectivity index (χ0v) is 17.1. The summed E-state index contributed by atoms with van der Waals surface area (Å²) in [6.07, 6.45) is 1.58. The summed E-state index contributed by atoms with van der Waals surface area (Å²) in [7, 11) is 3.25. The standard InChI is InChI=1S/C23H21N3O2.ClH/c1-27-21-12-18-20(13-22(21)28-2)25-15-26-23(18)17-10-6-7-11-19(17)24-14-16-8-4-3-5-9-16;/h3-13,15,24H,14H2,1-2H3;1H. The van der Waals surface area contributed by atoms with E-state index in [1.807, 2.05) is 42.5 Å². The predicted molar refractivity (Wildman–Crippen MR) is 119 cm³/mol. The molecule has 5 nitrogen and oxygen atoms in total. The third-order valence-electron chi connectivity index (χ3n) is 4.65. The van der Waals surface area contributed by atoms with Crippen LogP contribution in [0.3, 0.4) is 0 Å². The highest BCUT2D eigenvalue weighted by molar-refractivity contribution is 5.97. The van der Waals surface area contributed by atoms with Gasteiger partial charge in [-0.05, 0) is 17.7 Å². The Morgan fingerprint density at radius 2 is 1.52 bits per heavy atom. The summed E-state index contributed by atoms with van der Waals surface area (Å²) in [5.74, 6) is 1.30. The summed E-state index contributed by atoms with van der Waals surface area (Å²) in [6, 6.07) is 22.3. The molecule has 1 heterocycles. The maximum atomic E-state index is 5.47. The minimum atomic E-state index is 0. The first kappa shape index (κ1) is 20.4. The normalized spacial score (nSPS) is 10.3. The fourth-order valence-corrected chi connectivity index (χ4v) is 3.23. The van der Waals surface area contributed by atoms with Crippen molar-refractivity contribution in [1.82, 2.24) is 9.97 Å². The van der Waals surface area contributed by atoms with Crippen LogP contribution in [0.25, 0.3) is 22.2 Å². The van der Waals surface area contributed by atoms with Gasteiger partial charge in [0.2, 0.25) is 0 Å². The van der Waals surface area contributed by atoms with Crippen LogP contribution in [-0.4, -0.2) is 24.2 Å². The molecule has 1 N–H and O–H groups in total. The maximum Gasteiger partial charge on any atom is 0.162 e. The molecule has 0 unspecified atom stereocenters. The van der Waals surface area contributed by atoms with Crippen LogP contribution < -0.4 is 14.8 Å². The lowest BCUT2D eigenvalue weighted by atomic mass is 10.0. The van der Waals surface area contributed by atoms with Crippen LogP contribution in [0.15, 0.2) is 73.1 Å². The smallest absolute Gasteiger partial charge is 0.162 e. The van der Waals surface area contributed by atoms with E-state index in [9.17, 15) is 0 Å². The van der Waals surface area contributed by atoms with Crippen molar-refractivity contribution in [2.24, 2.45) is 0 Å². The number of benzene rings is 3. The fraction of sp³-hybridized carbons (Fsp3) is 0.130. The number of aromatic nitrogens is 2. The maximum absolute atomic E-state index is 5.47. The lowest BCUT2D eigenvalue weighted by Gasteiger charge is -2.14. The molecule has 4 rings (SSSR count). The van der Waals surface area contributed by atoms with Crippen molar-refractivity contribution in [2.45, 2.75) is 6.54 Å². The number of anilines is 1. The van der Waals surface area contributed by atoms with Crippen molar-refractivity contribution < 1.29 is 9.47 Å². The van der Waals surface area contributed by atoms with E-state index < -0.39 is 0 Å². The minimum Gasteiger partial charge on any atom is -0.493 e. The van der Waals surface area contributed by atoms with E-state index in [2.05, 4.69) is 39.6 Å². The summed E-state index contributed by atoms with van der Waals surface area (Å²) >= 11 is 0. The summed E-state index contributed by atoms with van der Waals surface area (Å²) < 4.78 is 10.9.